The number of ether oxygens (including phenoxy) is 2. The molecule has 1 fully saturated rings. The average molecular weight is 285 g/mol. The van der Waals surface area contributed by atoms with Crippen LogP contribution in [0, 0.1) is 0 Å². The van der Waals surface area contributed by atoms with Crippen molar-refractivity contribution in [1.29, 1.82) is 0 Å². The lowest BCUT2D eigenvalue weighted by Crippen LogP contribution is -3.15. The Kier molecular flexibility index (Phi) is 5.19. The van der Waals surface area contributed by atoms with Crippen LogP contribution in [0.5, 0.6) is 0 Å². The second-order valence-corrected chi connectivity index (χ2v) is 5.23. The predicted octanol–water partition coefficient (Wildman–Crippen LogP) is 0.800. The van der Waals surface area contributed by atoms with Crippen molar-refractivity contribution in [2.45, 2.75) is 13.0 Å². The molecule has 1 atom stereocenters. The Hall–Kier alpha value is -1.10. The molecule has 5 heteroatoms. The zero-order valence-electron chi connectivity index (χ0n) is 11.0. The number of esters is 1. The van der Waals surface area contributed by atoms with Crippen molar-refractivity contribution in [2.24, 2.45) is 0 Å². The smallest absolute Gasteiger partial charge is 0.338 e. The number of benzene rings is 1. The molecule has 1 aromatic carbocycles. The Labute approximate surface area is 118 Å². The number of carbonyl (C=O) groups is 1. The minimum Gasteiger partial charge on any atom is -0.453 e. The maximum absolute atomic E-state index is 11.9. The van der Waals surface area contributed by atoms with Gasteiger partial charge in [-0.05, 0) is 31.2 Å². The highest BCUT2D eigenvalue weighted by molar-refractivity contribution is 6.30. The minimum atomic E-state index is -0.295. The van der Waals surface area contributed by atoms with Gasteiger partial charge in [0, 0.05) is 5.02 Å². The van der Waals surface area contributed by atoms with E-state index in [2.05, 4.69) is 0 Å². The topological polar surface area (TPSA) is 40.0 Å². The molecule has 0 aromatic heterocycles. The summed E-state index contributed by atoms with van der Waals surface area (Å²) >= 11 is 5.78. The Morgan fingerprint density at radius 1 is 1.37 bits per heavy atom. The van der Waals surface area contributed by atoms with E-state index in [1.165, 1.54) is 4.90 Å². The zero-order valence-corrected chi connectivity index (χ0v) is 11.8. The van der Waals surface area contributed by atoms with Crippen LogP contribution < -0.4 is 4.90 Å². The van der Waals surface area contributed by atoms with Crippen molar-refractivity contribution in [3.05, 3.63) is 34.9 Å². The third kappa shape index (κ3) is 4.49. The lowest BCUT2D eigenvalue weighted by Gasteiger charge is -2.26. The Morgan fingerprint density at radius 2 is 2.00 bits per heavy atom. The number of quaternary nitrogens is 1. The summed E-state index contributed by atoms with van der Waals surface area (Å²) in [7, 11) is 0. The number of rotatable bonds is 4. The number of carbonyl (C=O) groups excluding carboxylic acids is 1. The SMILES string of the molecule is C[C@@H](C[NH+]1CCOCC1)OC(=O)c1ccc(Cl)cc1. The van der Waals surface area contributed by atoms with Gasteiger partial charge >= 0.3 is 5.97 Å². The summed E-state index contributed by atoms with van der Waals surface area (Å²) in [5.41, 5.74) is 0.535. The van der Waals surface area contributed by atoms with Crippen LogP contribution in [-0.4, -0.2) is 44.9 Å². The standard InChI is InChI=1S/C14H18ClNO3/c1-11(10-16-6-8-18-9-7-16)19-14(17)12-2-4-13(15)5-3-12/h2-5,11H,6-10H2,1H3/p+1/t11-/m0/s1. The molecule has 0 bridgehead atoms. The number of halogens is 1. The number of hydrogen-bond donors (Lipinski definition) is 1. The van der Waals surface area contributed by atoms with Crippen LogP contribution in [0.3, 0.4) is 0 Å². The minimum absolute atomic E-state index is 0.101. The molecule has 1 aromatic rings. The van der Waals surface area contributed by atoms with E-state index in [1.54, 1.807) is 24.3 Å². The van der Waals surface area contributed by atoms with Crippen LogP contribution in [0.4, 0.5) is 0 Å². The number of hydrogen-bond acceptors (Lipinski definition) is 3. The van der Waals surface area contributed by atoms with Crippen LogP contribution in [0.1, 0.15) is 17.3 Å². The molecule has 0 unspecified atom stereocenters. The van der Waals surface area contributed by atoms with Gasteiger partial charge in [0.15, 0.2) is 0 Å². The molecule has 19 heavy (non-hydrogen) atoms. The third-order valence-corrected chi connectivity index (χ3v) is 3.42. The molecule has 4 nitrogen and oxygen atoms in total. The van der Waals surface area contributed by atoms with E-state index in [1.807, 2.05) is 6.92 Å². The van der Waals surface area contributed by atoms with E-state index in [0.717, 1.165) is 32.8 Å². The fourth-order valence-electron chi connectivity index (χ4n) is 2.15. The van der Waals surface area contributed by atoms with Crippen LogP contribution >= 0.6 is 11.6 Å². The van der Waals surface area contributed by atoms with Crippen molar-refractivity contribution >= 4 is 17.6 Å². The maximum Gasteiger partial charge on any atom is 0.338 e. The summed E-state index contributed by atoms with van der Waals surface area (Å²) in [6, 6.07) is 6.74. The van der Waals surface area contributed by atoms with Gasteiger partial charge in [0.25, 0.3) is 0 Å². The molecule has 2 rings (SSSR count). The van der Waals surface area contributed by atoms with Crippen molar-refractivity contribution in [1.82, 2.24) is 0 Å². The van der Waals surface area contributed by atoms with Gasteiger partial charge in [0.05, 0.1) is 18.8 Å². The summed E-state index contributed by atoms with van der Waals surface area (Å²) in [6.45, 7) is 6.27. The molecular weight excluding hydrogens is 266 g/mol. The van der Waals surface area contributed by atoms with Crippen molar-refractivity contribution in [2.75, 3.05) is 32.8 Å². The van der Waals surface area contributed by atoms with Crippen LogP contribution in [-0.2, 0) is 9.47 Å². The summed E-state index contributed by atoms with van der Waals surface area (Å²) in [5, 5.41) is 0.613. The molecule has 1 aliphatic rings. The highest BCUT2D eigenvalue weighted by Gasteiger charge is 2.20. The maximum atomic E-state index is 11.9. The molecule has 0 saturated carbocycles. The molecular formula is C14H19ClNO3+. The second kappa shape index (κ2) is 6.89. The second-order valence-electron chi connectivity index (χ2n) is 4.79. The van der Waals surface area contributed by atoms with Crippen LogP contribution in [0.15, 0.2) is 24.3 Å². The van der Waals surface area contributed by atoms with Gasteiger partial charge < -0.3 is 14.4 Å². The van der Waals surface area contributed by atoms with Gasteiger partial charge in [-0.2, -0.15) is 0 Å². The Balaban J connectivity index is 1.82. The van der Waals surface area contributed by atoms with Gasteiger partial charge in [-0.3, -0.25) is 0 Å². The van der Waals surface area contributed by atoms with Gasteiger partial charge in [-0.15, -0.1) is 0 Å². The van der Waals surface area contributed by atoms with Crippen molar-refractivity contribution in [3.8, 4) is 0 Å². The average Bonchev–Trinajstić information content (AvgIpc) is 2.40. The molecule has 1 saturated heterocycles. The first kappa shape index (κ1) is 14.3. The summed E-state index contributed by atoms with van der Waals surface area (Å²) in [4.78, 5) is 13.3. The van der Waals surface area contributed by atoms with Gasteiger partial charge in [0.1, 0.15) is 25.7 Å². The van der Waals surface area contributed by atoms with E-state index >= 15 is 0 Å². The highest BCUT2D eigenvalue weighted by Crippen LogP contribution is 2.10. The fourth-order valence-corrected chi connectivity index (χ4v) is 2.28. The van der Waals surface area contributed by atoms with Gasteiger partial charge in [0.2, 0.25) is 0 Å². The molecule has 1 N–H and O–H groups in total. The Bertz CT molecular complexity index is 415. The molecule has 1 aliphatic heterocycles. The quantitative estimate of drug-likeness (QED) is 0.832. The number of nitrogens with one attached hydrogen (secondary N) is 1. The lowest BCUT2D eigenvalue weighted by atomic mass is 10.2. The Morgan fingerprint density at radius 3 is 2.63 bits per heavy atom. The largest absolute Gasteiger partial charge is 0.453 e. The molecule has 0 amide bonds. The summed E-state index contributed by atoms with van der Waals surface area (Å²) in [5.74, 6) is -0.295. The van der Waals surface area contributed by atoms with E-state index in [-0.39, 0.29) is 12.1 Å². The first-order valence-electron chi connectivity index (χ1n) is 6.53. The predicted molar refractivity (Wildman–Crippen MR) is 72.7 cm³/mol. The van der Waals surface area contributed by atoms with E-state index in [9.17, 15) is 4.79 Å². The van der Waals surface area contributed by atoms with E-state index in [4.69, 9.17) is 21.1 Å². The third-order valence-electron chi connectivity index (χ3n) is 3.16. The summed E-state index contributed by atoms with van der Waals surface area (Å²) in [6.07, 6.45) is -0.101. The van der Waals surface area contributed by atoms with Crippen LogP contribution in [0.2, 0.25) is 5.02 Å². The van der Waals surface area contributed by atoms with Crippen molar-refractivity contribution < 1.29 is 19.2 Å². The molecule has 0 spiro atoms. The number of morpholine rings is 1. The lowest BCUT2D eigenvalue weighted by molar-refractivity contribution is -0.910. The van der Waals surface area contributed by atoms with E-state index < -0.39 is 0 Å². The van der Waals surface area contributed by atoms with Crippen LogP contribution in [0.25, 0.3) is 0 Å². The normalized spacial score (nSPS) is 18.0. The van der Waals surface area contributed by atoms with E-state index in [0.29, 0.717) is 10.6 Å². The van der Waals surface area contributed by atoms with Gasteiger partial charge in [-0.25, -0.2) is 4.79 Å². The monoisotopic (exact) mass is 284 g/mol. The molecule has 104 valence electrons. The first-order valence-corrected chi connectivity index (χ1v) is 6.91. The van der Waals surface area contributed by atoms with Crippen molar-refractivity contribution in [3.63, 3.8) is 0 Å². The highest BCUT2D eigenvalue weighted by atomic mass is 35.5. The fraction of sp³-hybridized carbons (Fsp3) is 0.500. The molecule has 0 radical (unpaired) electrons. The molecule has 0 aliphatic carbocycles. The summed E-state index contributed by atoms with van der Waals surface area (Å²) < 4.78 is 10.7. The van der Waals surface area contributed by atoms with Gasteiger partial charge in [-0.1, -0.05) is 11.6 Å². The zero-order chi connectivity index (χ0) is 13.7. The first-order chi connectivity index (χ1) is 9.15. The molecule has 1 heterocycles.